The maximum Gasteiger partial charge on any atom is 0.416 e. The Labute approximate surface area is 204 Å². The first kappa shape index (κ1) is 25.0. The fourth-order valence-electron chi connectivity index (χ4n) is 3.28. The van der Waals surface area contributed by atoms with E-state index in [9.17, 15) is 18.0 Å². The summed E-state index contributed by atoms with van der Waals surface area (Å²) < 4.78 is 56.4. The molecule has 0 aliphatic carbocycles. The summed E-state index contributed by atoms with van der Waals surface area (Å²) in [6.45, 7) is 5.36. The van der Waals surface area contributed by atoms with E-state index in [-0.39, 0.29) is 24.1 Å². The topological polar surface area (TPSA) is 92.3 Å². The van der Waals surface area contributed by atoms with Crippen molar-refractivity contribution >= 4 is 5.97 Å². The molecule has 0 N–H and O–H groups in total. The quantitative estimate of drug-likeness (QED) is 0.314. The number of esters is 1. The maximum absolute atomic E-state index is 12.8. The molecule has 0 bridgehead atoms. The van der Waals surface area contributed by atoms with Gasteiger partial charge in [-0.2, -0.15) is 23.3 Å². The molecule has 0 aliphatic heterocycles. The summed E-state index contributed by atoms with van der Waals surface area (Å²) in [6, 6.07) is 11.1. The number of ether oxygens (including phenoxy) is 2. The number of rotatable bonds is 6. The van der Waals surface area contributed by atoms with Crippen LogP contribution in [-0.2, 0) is 24.6 Å². The summed E-state index contributed by atoms with van der Waals surface area (Å²) in [7, 11) is 1.69. The Morgan fingerprint density at radius 1 is 1.08 bits per heavy atom. The van der Waals surface area contributed by atoms with Gasteiger partial charge < -0.3 is 14.0 Å². The Bertz CT molecular complexity index is 1370. The van der Waals surface area contributed by atoms with Gasteiger partial charge in [-0.25, -0.2) is 4.79 Å². The number of halogens is 3. The van der Waals surface area contributed by atoms with Crippen molar-refractivity contribution in [1.29, 1.82) is 0 Å². The second kappa shape index (κ2) is 9.48. The van der Waals surface area contributed by atoms with Crippen LogP contribution in [0.3, 0.4) is 0 Å². The highest BCUT2D eigenvalue weighted by Gasteiger charge is 2.30. The molecule has 8 nitrogen and oxygen atoms in total. The molecule has 2 heterocycles. The molecule has 2 aromatic heterocycles. The van der Waals surface area contributed by atoms with Crippen molar-refractivity contribution in [3.8, 4) is 28.6 Å². The van der Waals surface area contributed by atoms with Gasteiger partial charge in [-0.15, -0.1) is 0 Å². The molecule has 4 aromatic rings. The van der Waals surface area contributed by atoms with Crippen molar-refractivity contribution in [1.82, 2.24) is 19.9 Å². The molecular formula is C25H23F3N4O4. The molecule has 0 radical (unpaired) electrons. The minimum atomic E-state index is -4.42. The average molecular weight is 500 g/mol. The largest absolute Gasteiger partial charge is 0.487 e. The van der Waals surface area contributed by atoms with E-state index in [0.717, 1.165) is 12.1 Å². The number of alkyl halides is 3. The molecular weight excluding hydrogens is 477 g/mol. The van der Waals surface area contributed by atoms with Gasteiger partial charge >= 0.3 is 12.1 Å². The molecule has 0 amide bonds. The number of carbonyl (C=O) groups is 1. The lowest BCUT2D eigenvalue weighted by molar-refractivity contribution is -0.137. The summed E-state index contributed by atoms with van der Waals surface area (Å²) in [4.78, 5) is 16.8. The molecule has 0 aliphatic rings. The molecule has 0 unspecified atom stereocenters. The zero-order valence-electron chi connectivity index (χ0n) is 20.0. The van der Waals surface area contributed by atoms with E-state index < -0.39 is 23.3 Å². The first-order chi connectivity index (χ1) is 16.9. The monoisotopic (exact) mass is 500 g/mol. The first-order valence-electron chi connectivity index (χ1n) is 10.9. The number of aryl methyl sites for hydroxylation is 1. The molecule has 0 saturated carbocycles. The van der Waals surface area contributed by atoms with E-state index in [4.69, 9.17) is 14.0 Å². The van der Waals surface area contributed by atoms with Crippen LogP contribution in [0.25, 0.3) is 22.8 Å². The van der Waals surface area contributed by atoms with Crippen LogP contribution in [-0.4, -0.2) is 31.5 Å². The Balaban J connectivity index is 1.52. The van der Waals surface area contributed by atoms with Crippen LogP contribution in [0, 0.1) is 0 Å². The summed E-state index contributed by atoms with van der Waals surface area (Å²) in [5.74, 6) is 0.226. The predicted octanol–water partition coefficient (Wildman–Crippen LogP) is 5.69. The van der Waals surface area contributed by atoms with Gasteiger partial charge in [0.1, 0.15) is 18.0 Å². The van der Waals surface area contributed by atoms with Crippen LogP contribution in [0.1, 0.15) is 42.4 Å². The highest BCUT2D eigenvalue weighted by atomic mass is 19.4. The zero-order chi connectivity index (χ0) is 26.1. The predicted molar refractivity (Wildman–Crippen MR) is 123 cm³/mol. The molecule has 188 valence electrons. The Morgan fingerprint density at radius 3 is 2.47 bits per heavy atom. The highest BCUT2D eigenvalue weighted by Crippen LogP contribution is 2.31. The van der Waals surface area contributed by atoms with E-state index >= 15 is 0 Å². The number of benzene rings is 2. The molecule has 0 spiro atoms. The Kier molecular flexibility index (Phi) is 6.57. The van der Waals surface area contributed by atoms with Crippen LogP contribution in [0.5, 0.6) is 5.75 Å². The number of aromatic nitrogens is 4. The van der Waals surface area contributed by atoms with Crippen LogP contribution in [0.15, 0.2) is 59.3 Å². The Hall–Kier alpha value is -4.15. The summed E-state index contributed by atoms with van der Waals surface area (Å²) in [6.07, 6.45) is -2.89. The molecule has 36 heavy (non-hydrogen) atoms. The molecule has 0 atom stereocenters. The fraction of sp³-hybridized carbons (Fsp3) is 0.280. The van der Waals surface area contributed by atoms with Gasteiger partial charge in [0.25, 0.3) is 5.89 Å². The maximum atomic E-state index is 12.8. The third-order valence-electron chi connectivity index (χ3n) is 5.03. The van der Waals surface area contributed by atoms with Crippen molar-refractivity contribution in [2.45, 2.75) is 39.2 Å². The van der Waals surface area contributed by atoms with Crippen molar-refractivity contribution in [3.63, 3.8) is 0 Å². The lowest BCUT2D eigenvalue weighted by atomic mass is 10.1. The van der Waals surface area contributed by atoms with Gasteiger partial charge in [0, 0.05) is 12.6 Å². The van der Waals surface area contributed by atoms with E-state index in [1.165, 1.54) is 18.3 Å². The normalized spacial score (nSPS) is 12.0. The van der Waals surface area contributed by atoms with E-state index in [1.807, 2.05) is 0 Å². The van der Waals surface area contributed by atoms with E-state index in [2.05, 4.69) is 15.2 Å². The second-order valence-electron chi connectivity index (χ2n) is 8.95. The molecule has 0 fully saturated rings. The van der Waals surface area contributed by atoms with Gasteiger partial charge in [-0.1, -0.05) is 17.3 Å². The van der Waals surface area contributed by atoms with Crippen molar-refractivity contribution in [2.75, 3.05) is 0 Å². The van der Waals surface area contributed by atoms with E-state index in [1.54, 1.807) is 56.8 Å². The minimum absolute atomic E-state index is 0.00302. The first-order valence-corrected chi connectivity index (χ1v) is 10.9. The third kappa shape index (κ3) is 5.73. The second-order valence-corrected chi connectivity index (χ2v) is 8.95. The van der Waals surface area contributed by atoms with Crippen molar-refractivity contribution in [2.24, 2.45) is 7.05 Å². The van der Waals surface area contributed by atoms with Gasteiger partial charge in [0.05, 0.1) is 28.6 Å². The average Bonchev–Trinajstić information content (AvgIpc) is 3.43. The number of carbonyl (C=O) groups excluding carboxylic acids is 1. The number of hydrogen-bond acceptors (Lipinski definition) is 7. The molecule has 11 heteroatoms. The number of nitrogens with zero attached hydrogens (tertiary/aromatic N) is 4. The van der Waals surface area contributed by atoms with E-state index in [0.29, 0.717) is 22.4 Å². The molecule has 2 aromatic carbocycles. The Morgan fingerprint density at radius 2 is 1.81 bits per heavy atom. The van der Waals surface area contributed by atoms with Crippen molar-refractivity contribution < 1.29 is 32.0 Å². The summed E-state index contributed by atoms with van der Waals surface area (Å²) in [5.41, 5.74) is 0.593. The standard InChI is InChI=1S/C25H23F3N4O4/c1-24(2,3)35-23(33)16-7-5-6-15(12-16)21-30-22(36-31-21)19-13-29-32(4)20(19)14-34-18-10-8-17(9-11-18)25(26,27)28/h5-13H,14H2,1-4H3. The fourth-order valence-corrected chi connectivity index (χ4v) is 3.28. The summed E-state index contributed by atoms with van der Waals surface area (Å²) in [5, 5.41) is 8.22. The highest BCUT2D eigenvalue weighted by molar-refractivity contribution is 5.91. The van der Waals surface area contributed by atoms with Crippen LogP contribution in [0.4, 0.5) is 13.2 Å². The zero-order valence-corrected chi connectivity index (χ0v) is 20.0. The lowest BCUT2D eigenvalue weighted by Gasteiger charge is -2.19. The van der Waals surface area contributed by atoms with Crippen LogP contribution >= 0.6 is 0 Å². The molecule has 4 rings (SSSR count). The third-order valence-corrected chi connectivity index (χ3v) is 5.03. The lowest BCUT2D eigenvalue weighted by Crippen LogP contribution is -2.23. The van der Waals surface area contributed by atoms with Gasteiger partial charge in [-0.3, -0.25) is 4.68 Å². The molecule has 0 saturated heterocycles. The van der Waals surface area contributed by atoms with Crippen LogP contribution in [0.2, 0.25) is 0 Å². The van der Waals surface area contributed by atoms with Crippen LogP contribution < -0.4 is 4.74 Å². The van der Waals surface area contributed by atoms with Gasteiger partial charge in [-0.05, 0) is 57.2 Å². The summed E-state index contributed by atoms with van der Waals surface area (Å²) >= 11 is 0. The SMILES string of the molecule is Cn1ncc(-c2nc(-c3cccc(C(=O)OC(C)(C)C)c3)no2)c1COc1ccc(C(F)(F)F)cc1. The minimum Gasteiger partial charge on any atom is -0.487 e. The smallest absolute Gasteiger partial charge is 0.416 e. The van der Waals surface area contributed by atoms with Crippen molar-refractivity contribution in [3.05, 3.63) is 71.5 Å². The van der Waals surface area contributed by atoms with Gasteiger partial charge in [0.2, 0.25) is 5.82 Å². The van der Waals surface area contributed by atoms with Gasteiger partial charge in [0.15, 0.2) is 0 Å². The number of hydrogen-bond donors (Lipinski definition) is 0.